The summed E-state index contributed by atoms with van der Waals surface area (Å²) in [5.41, 5.74) is 2.42. The van der Waals surface area contributed by atoms with Crippen LogP contribution in [0.25, 0.3) is 5.69 Å². The Kier molecular flexibility index (Phi) is 5.12. The Bertz CT molecular complexity index is 465. The van der Waals surface area contributed by atoms with E-state index in [0.29, 0.717) is 5.92 Å². The Hall–Kier alpha value is -1.65. The van der Waals surface area contributed by atoms with Crippen LogP contribution in [0.15, 0.2) is 43.0 Å². The lowest BCUT2D eigenvalue weighted by Crippen LogP contribution is -2.23. The van der Waals surface area contributed by atoms with Gasteiger partial charge in [0.05, 0.1) is 6.33 Å². The van der Waals surface area contributed by atoms with Crippen molar-refractivity contribution in [3.63, 3.8) is 0 Å². The molecule has 0 bridgehead atoms. The lowest BCUT2D eigenvalue weighted by molar-refractivity contribution is 0.158. The molecule has 2 aromatic rings. The van der Waals surface area contributed by atoms with E-state index in [2.05, 4.69) is 41.5 Å². The highest BCUT2D eigenvalue weighted by atomic mass is 16.5. The summed E-state index contributed by atoms with van der Waals surface area (Å²) in [5, 5.41) is 3.44. The molecular weight excluding hydrogens is 238 g/mol. The molecular formula is C15H21N3O. The van der Waals surface area contributed by atoms with Crippen LogP contribution >= 0.6 is 0 Å². The average molecular weight is 259 g/mol. The molecule has 0 aliphatic heterocycles. The molecule has 0 saturated heterocycles. The van der Waals surface area contributed by atoms with Gasteiger partial charge in [-0.1, -0.05) is 19.1 Å². The van der Waals surface area contributed by atoms with Gasteiger partial charge in [0.2, 0.25) is 0 Å². The zero-order valence-corrected chi connectivity index (χ0v) is 11.5. The SMILES string of the molecule is COCC(C)CNCc1ccc(-n2ccnc2)cc1. The van der Waals surface area contributed by atoms with Gasteiger partial charge in [0.15, 0.2) is 0 Å². The van der Waals surface area contributed by atoms with Crippen LogP contribution in [0, 0.1) is 5.92 Å². The van der Waals surface area contributed by atoms with E-state index in [0.717, 1.165) is 25.4 Å². The zero-order valence-electron chi connectivity index (χ0n) is 11.5. The first-order valence-corrected chi connectivity index (χ1v) is 6.56. The molecule has 1 heterocycles. The second kappa shape index (κ2) is 7.07. The van der Waals surface area contributed by atoms with E-state index in [1.165, 1.54) is 5.56 Å². The van der Waals surface area contributed by atoms with E-state index < -0.39 is 0 Å². The van der Waals surface area contributed by atoms with Gasteiger partial charge in [-0.15, -0.1) is 0 Å². The molecule has 0 amide bonds. The monoisotopic (exact) mass is 259 g/mol. The maximum absolute atomic E-state index is 5.11. The Morgan fingerprint density at radius 2 is 2.11 bits per heavy atom. The molecule has 4 nitrogen and oxygen atoms in total. The third kappa shape index (κ3) is 4.19. The van der Waals surface area contributed by atoms with Gasteiger partial charge in [-0.25, -0.2) is 4.98 Å². The molecule has 19 heavy (non-hydrogen) atoms. The highest BCUT2D eigenvalue weighted by molar-refractivity contribution is 5.34. The van der Waals surface area contributed by atoms with Gasteiger partial charge in [-0.05, 0) is 23.6 Å². The van der Waals surface area contributed by atoms with Gasteiger partial charge in [0.25, 0.3) is 0 Å². The number of rotatable bonds is 7. The van der Waals surface area contributed by atoms with Gasteiger partial charge in [0.1, 0.15) is 0 Å². The van der Waals surface area contributed by atoms with E-state index in [-0.39, 0.29) is 0 Å². The van der Waals surface area contributed by atoms with Gasteiger partial charge >= 0.3 is 0 Å². The molecule has 0 spiro atoms. The molecule has 0 aliphatic carbocycles. The normalized spacial score (nSPS) is 12.5. The molecule has 1 aromatic carbocycles. The minimum absolute atomic E-state index is 0.537. The number of hydrogen-bond donors (Lipinski definition) is 1. The molecule has 0 fully saturated rings. The van der Waals surface area contributed by atoms with Crippen molar-refractivity contribution in [1.82, 2.24) is 14.9 Å². The summed E-state index contributed by atoms with van der Waals surface area (Å²) in [6.45, 7) is 4.83. The van der Waals surface area contributed by atoms with Crippen LogP contribution in [0.2, 0.25) is 0 Å². The first-order valence-electron chi connectivity index (χ1n) is 6.56. The van der Waals surface area contributed by atoms with Gasteiger partial charge in [-0.2, -0.15) is 0 Å². The number of hydrogen-bond acceptors (Lipinski definition) is 3. The first-order chi connectivity index (χ1) is 9.29. The number of aromatic nitrogens is 2. The third-order valence-corrected chi connectivity index (χ3v) is 3.01. The fourth-order valence-corrected chi connectivity index (χ4v) is 2.00. The van der Waals surface area contributed by atoms with Crippen LogP contribution in [0.5, 0.6) is 0 Å². The summed E-state index contributed by atoms with van der Waals surface area (Å²) in [4.78, 5) is 4.05. The van der Waals surface area contributed by atoms with E-state index >= 15 is 0 Å². The van der Waals surface area contributed by atoms with Gasteiger partial charge in [0, 0.05) is 44.9 Å². The summed E-state index contributed by atoms with van der Waals surface area (Å²) in [7, 11) is 1.74. The summed E-state index contributed by atoms with van der Waals surface area (Å²) in [6.07, 6.45) is 5.53. The van der Waals surface area contributed by atoms with E-state index in [1.54, 1.807) is 19.6 Å². The molecule has 102 valence electrons. The number of benzene rings is 1. The molecule has 4 heteroatoms. The topological polar surface area (TPSA) is 39.1 Å². The smallest absolute Gasteiger partial charge is 0.0991 e. The Balaban J connectivity index is 1.82. The van der Waals surface area contributed by atoms with Crippen LogP contribution in [-0.2, 0) is 11.3 Å². The molecule has 0 radical (unpaired) electrons. The summed E-state index contributed by atoms with van der Waals surface area (Å²) in [6, 6.07) is 8.50. The quantitative estimate of drug-likeness (QED) is 0.829. The number of ether oxygens (including phenoxy) is 1. The maximum Gasteiger partial charge on any atom is 0.0991 e. The summed E-state index contributed by atoms with van der Waals surface area (Å²) >= 11 is 0. The maximum atomic E-state index is 5.11. The van der Waals surface area contributed by atoms with Crippen molar-refractivity contribution in [2.45, 2.75) is 13.5 Å². The third-order valence-electron chi connectivity index (χ3n) is 3.01. The fraction of sp³-hybridized carbons (Fsp3) is 0.400. The van der Waals surface area contributed by atoms with Crippen molar-refractivity contribution < 1.29 is 4.74 Å². The number of nitrogens with one attached hydrogen (secondary N) is 1. The average Bonchev–Trinajstić information content (AvgIpc) is 2.94. The minimum atomic E-state index is 0.537. The van der Waals surface area contributed by atoms with Crippen molar-refractivity contribution >= 4 is 0 Å². The standard InChI is InChI=1S/C15H21N3O/c1-13(11-19-2)9-17-10-14-3-5-15(6-4-14)18-8-7-16-12-18/h3-8,12-13,17H,9-11H2,1-2H3. The predicted molar refractivity (Wildman–Crippen MR) is 76.3 cm³/mol. The molecule has 1 unspecified atom stereocenters. The van der Waals surface area contributed by atoms with Crippen molar-refractivity contribution in [3.05, 3.63) is 48.5 Å². The van der Waals surface area contributed by atoms with Crippen LogP contribution in [0.3, 0.4) is 0 Å². The number of methoxy groups -OCH3 is 1. The van der Waals surface area contributed by atoms with E-state index in [1.807, 2.05) is 10.8 Å². The largest absolute Gasteiger partial charge is 0.384 e. The molecule has 2 rings (SSSR count). The fourth-order valence-electron chi connectivity index (χ4n) is 2.00. The molecule has 0 aliphatic rings. The van der Waals surface area contributed by atoms with Crippen LogP contribution in [0.1, 0.15) is 12.5 Å². The Morgan fingerprint density at radius 1 is 1.32 bits per heavy atom. The predicted octanol–water partition coefficient (Wildman–Crippen LogP) is 2.24. The number of nitrogens with zero attached hydrogens (tertiary/aromatic N) is 2. The van der Waals surface area contributed by atoms with Crippen LogP contribution in [-0.4, -0.2) is 29.8 Å². The lowest BCUT2D eigenvalue weighted by atomic mass is 10.1. The summed E-state index contributed by atoms with van der Waals surface area (Å²) in [5.74, 6) is 0.537. The van der Waals surface area contributed by atoms with Gasteiger partial charge < -0.3 is 14.6 Å². The Morgan fingerprint density at radius 3 is 2.74 bits per heavy atom. The molecule has 1 N–H and O–H groups in total. The van der Waals surface area contributed by atoms with Gasteiger partial charge in [-0.3, -0.25) is 0 Å². The van der Waals surface area contributed by atoms with Crippen LogP contribution < -0.4 is 5.32 Å². The zero-order chi connectivity index (χ0) is 13.5. The second-order valence-electron chi connectivity index (χ2n) is 4.83. The number of imidazole rings is 1. The van der Waals surface area contributed by atoms with Crippen molar-refractivity contribution in [1.29, 1.82) is 0 Å². The Labute approximate surface area is 114 Å². The summed E-state index contributed by atoms with van der Waals surface area (Å²) < 4.78 is 7.11. The highest BCUT2D eigenvalue weighted by Crippen LogP contribution is 2.09. The van der Waals surface area contributed by atoms with Crippen molar-refractivity contribution in [2.24, 2.45) is 5.92 Å². The minimum Gasteiger partial charge on any atom is -0.384 e. The van der Waals surface area contributed by atoms with E-state index in [9.17, 15) is 0 Å². The molecule has 1 atom stereocenters. The second-order valence-corrected chi connectivity index (χ2v) is 4.83. The lowest BCUT2D eigenvalue weighted by Gasteiger charge is -2.11. The van der Waals surface area contributed by atoms with Crippen molar-refractivity contribution in [3.8, 4) is 5.69 Å². The first kappa shape index (κ1) is 13.8. The molecule has 0 saturated carbocycles. The van der Waals surface area contributed by atoms with Crippen LogP contribution in [0.4, 0.5) is 0 Å². The van der Waals surface area contributed by atoms with Crippen molar-refractivity contribution in [2.75, 3.05) is 20.3 Å². The highest BCUT2D eigenvalue weighted by Gasteiger charge is 2.01. The van der Waals surface area contributed by atoms with E-state index in [4.69, 9.17) is 4.74 Å². The molecule has 1 aromatic heterocycles.